The molecule has 0 saturated heterocycles. The molecule has 0 atom stereocenters. The maximum atomic E-state index is 10.2. The largest absolute Gasteiger partial charge is 0.462 e. The fourth-order valence-electron chi connectivity index (χ4n) is 0.322. The smallest absolute Gasteiger partial charge is 0.302 e. The van der Waals surface area contributed by atoms with Crippen LogP contribution < -0.4 is 0 Å². The van der Waals surface area contributed by atoms with Gasteiger partial charge in [-0.05, 0) is 6.08 Å². The van der Waals surface area contributed by atoms with Gasteiger partial charge in [0.05, 0.1) is 0 Å². The molecule has 0 unspecified atom stereocenters. The van der Waals surface area contributed by atoms with Crippen LogP contribution >= 0.6 is 15.9 Å². The van der Waals surface area contributed by atoms with Gasteiger partial charge in [-0.15, -0.1) is 0 Å². The maximum absolute atomic E-state index is 10.2. The number of hydrogen-bond acceptors (Lipinski definition) is 2. The van der Waals surface area contributed by atoms with Crippen LogP contribution in [0.3, 0.4) is 0 Å². The first-order valence-corrected chi connectivity index (χ1v) is 3.57. The molecular weight excluding hydrogens is 196 g/mol. The molecule has 0 rings (SSSR count). The highest BCUT2D eigenvalue weighted by Crippen LogP contribution is 2.03. The van der Waals surface area contributed by atoms with Gasteiger partial charge in [-0.1, -0.05) is 28.6 Å². The molecule has 0 radical (unpaired) electrons. The van der Waals surface area contributed by atoms with Gasteiger partial charge < -0.3 is 4.74 Å². The number of halogens is 1. The standard InChI is InChI=1S/C7H9BrO2/c1-3-7(8)4-5-10-6(2)9/h3-4H,1,5H2,2H3/b7-4-. The minimum absolute atomic E-state index is 0.277. The Balaban J connectivity index is 3.52. The molecule has 0 bridgehead atoms. The molecule has 0 fully saturated rings. The zero-order chi connectivity index (χ0) is 7.98. The fraction of sp³-hybridized carbons (Fsp3) is 0.286. The maximum Gasteiger partial charge on any atom is 0.302 e. The first-order chi connectivity index (χ1) is 4.66. The number of allylic oxidation sites excluding steroid dienone is 2. The lowest BCUT2D eigenvalue weighted by atomic mass is 10.5. The lowest BCUT2D eigenvalue weighted by Gasteiger charge is -1.94. The summed E-state index contributed by atoms with van der Waals surface area (Å²) in [5.41, 5.74) is 0. The highest BCUT2D eigenvalue weighted by molar-refractivity contribution is 9.11. The van der Waals surface area contributed by atoms with E-state index in [0.29, 0.717) is 6.61 Å². The molecule has 0 spiro atoms. The van der Waals surface area contributed by atoms with Gasteiger partial charge in [-0.2, -0.15) is 0 Å². The van der Waals surface area contributed by atoms with Crippen molar-refractivity contribution in [3.63, 3.8) is 0 Å². The second-order valence-corrected chi connectivity index (χ2v) is 2.51. The van der Waals surface area contributed by atoms with Crippen molar-refractivity contribution in [2.75, 3.05) is 6.61 Å². The number of esters is 1. The van der Waals surface area contributed by atoms with Crippen molar-refractivity contribution < 1.29 is 9.53 Å². The van der Waals surface area contributed by atoms with Crippen molar-refractivity contribution in [3.05, 3.63) is 23.2 Å². The van der Waals surface area contributed by atoms with Crippen LogP contribution in [0.5, 0.6) is 0 Å². The molecule has 0 heterocycles. The third-order valence-corrected chi connectivity index (χ3v) is 1.41. The summed E-state index contributed by atoms with van der Waals surface area (Å²) < 4.78 is 5.45. The van der Waals surface area contributed by atoms with E-state index < -0.39 is 0 Å². The van der Waals surface area contributed by atoms with Gasteiger partial charge in [-0.25, -0.2) is 0 Å². The van der Waals surface area contributed by atoms with Gasteiger partial charge in [0.15, 0.2) is 0 Å². The number of ether oxygens (including phenoxy) is 1. The van der Waals surface area contributed by atoms with E-state index in [-0.39, 0.29) is 5.97 Å². The molecule has 0 aliphatic heterocycles. The summed E-state index contributed by atoms with van der Waals surface area (Å²) in [4.78, 5) is 10.2. The summed E-state index contributed by atoms with van der Waals surface area (Å²) in [6.45, 7) is 5.17. The van der Waals surface area contributed by atoms with E-state index in [2.05, 4.69) is 27.2 Å². The van der Waals surface area contributed by atoms with E-state index in [4.69, 9.17) is 0 Å². The Labute approximate surface area is 68.7 Å². The predicted octanol–water partition coefficient (Wildman–Crippen LogP) is 2.01. The Morgan fingerprint density at radius 1 is 1.80 bits per heavy atom. The Hall–Kier alpha value is -0.570. The molecular formula is C7H9BrO2. The summed E-state index contributed by atoms with van der Waals surface area (Å²) in [6.07, 6.45) is 3.35. The van der Waals surface area contributed by atoms with Crippen LogP contribution in [-0.4, -0.2) is 12.6 Å². The van der Waals surface area contributed by atoms with Crippen LogP contribution in [0.15, 0.2) is 23.2 Å². The monoisotopic (exact) mass is 204 g/mol. The average Bonchev–Trinajstić information content (AvgIpc) is 1.87. The average molecular weight is 205 g/mol. The van der Waals surface area contributed by atoms with E-state index in [1.54, 1.807) is 12.2 Å². The summed E-state index contributed by atoms with van der Waals surface area (Å²) in [7, 11) is 0. The predicted molar refractivity (Wildman–Crippen MR) is 43.8 cm³/mol. The Kier molecular flexibility index (Phi) is 4.94. The van der Waals surface area contributed by atoms with Gasteiger partial charge in [0.25, 0.3) is 0 Å². The highest BCUT2D eigenvalue weighted by atomic mass is 79.9. The third kappa shape index (κ3) is 5.56. The van der Waals surface area contributed by atoms with E-state index >= 15 is 0 Å². The van der Waals surface area contributed by atoms with Crippen molar-refractivity contribution in [3.8, 4) is 0 Å². The van der Waals surface area contributed by atoms with Crippen molar-refractivity contribution in [2.24, 2.45) is 0 Å². The van der Waals surface area contributed by atoms with E-state index in [1.807, 2.05) is 0 Å². The van der Waals surface area contributed by atoms with Gasteiger partial charge in [0, 0.05) is 11.4 Å². The molecule has 0 aromatic carbocycles. The summed E-state index contributed by atoms with van der Waals surface area (Å²) >= 11 is 3.18. The van der Waals surface area contributed by atoms with Crippen LogP contribution in [0.25, 0.3) is 0 Å². The molecule has 0 aromatic heterocycles. The van der Waals surface area contributed by atoms with E-state index in [0.717, 1.165) is 4.48 Å². The highest BCUT2D eigenvalue weighted by Gasteiger charge is 1.88. The molecule has 0 aromatic rings. The first kappa shape index (κ1) is 9.43. The molecule has 56 valence electrons. The van der Waals surface area contributed by atoms with Gasteiger partial charge >= 0.3 is 5.97 Å². The van der Waals surface area contributed by atoms with E-state index in [9.17, 15) is 4.79 Å². The number of rotatable bonds is 3. The number of carbonyl (C=O) groups is 1. The van der Waals surface area contributed by atoms with Crippen LogP contribution in [0.1, 0.15) is 6.92 Å². The van der Waals surface area contributed by atoms with Crippen LogP contribution in [0, 0.1) is 0 Å². The van der Waals surface area contributed by atoms with Crippen molar-refractivity contribution in [1.82, 2.24) is 0 Å². The minimum atomic E-state index is -0.277. The summed E-state index contributed by atoms with van der Waals surface area (Å²) in [6, 6.07) is 0. The second-order valence-electron chi connectivity index (χ2n) is 1.60. The van der Waals surface area contributed by atoms with Gasteiger partial charge in [-0.3, -0.25) is 4.79 Å². The van der Waals surface area contributed by atoms with E-state index in [1.165, 1.54) is 6.92 Å². The summed E-state index contributed by atoms with van der Waals surface area (Å²) in [5, 5.41) is 0. The van der Waals surface area contributed by atoms with Crippen LogP contribution in [-0.2, 0) is 9.53 Å². The van der Waals surface area contributed by atoms with Crippen LogP contribution in [0.4, 0.5) is 0 Å². The summed E-state index contributed by atoms with van der Waals surface area (Å²) in [5.74, 6) is -0.277. The Bertz CT molecular complexity index is 161. The number of carbonyl (C=O) groups excluding carboxylic acids is 1. The van der Waals surface area contributed by atoms with Crippen molar-refractivity contribution >= 4 is 21.9 Å². The van der Waals surface area contributed by atoms with Gasteiger partial charge in [0.2, 0.25) is 0 Å². The molecule has 0 saturated carbocycles. The fourth-order valence-corrected chi connectivity index (χ4v) is 0.454. The molecule has 0 N–H and O–H groups in total. The second kappa shape index (κ2) is 5.23. The molecule has 0 amide bonds. The molecule has 2 nitrogen and oxygen atoms in total. The van der Waals surface area contributed by atoms with Crippen molar-refractivity contribution in [1.29, 1.82) is 0 Å². The quantitative estimate of drug-likeness (QED) is 0.520. The third-order valence-electron chi connectivity index (χ3n) is 0.760. The lowest BCUT2D eigenvalue weighted by Crippen LogP contribution is -1.97. The SMILES string of the molecule is C=C/C(Br)=C/COC(C)=O. The zero-order valence-corrected chi connectivity index (χ0v) is 7.35. The van der Waals surface area contributed by atoms with Gasteiger partial charge in [0.1, 0.15) is 6.61 Å². The normalized spacial score (nSPS) is 10.8. The minimum Gasteiger partial charge on any atom is -0.462 e. The molecule has 0 aliphatic carbocycles. The Morgan fingerprint density at radius 3 is 2.80 bits per heavy atom. The van der Waals surface area contributed by atoms with Crippen molar-refractivity contribution in [2.45, 2.75) is 6.92 Å². The number of hydrogen-bond donors (Lipinski definition) is 0. The topological polar surface area (TPSA) is 26.3 Å². The molecule has 3 heteroatoms. The van der Waals surface area contributed by atoms with Crippen LogP contribution in [0.2, 0.25) is 0 Å². The molecule has 10 heavy (non-hydrogen) atoms. The first-order valence-electron chi connectivity index (χ1n) is 2.78. The zero-order valence-electron chi connectivity index (χ0n) is 5.76. The Morgan fingerprint density at radius 2 is 2.40 bits per heavy atom. The molecule has 0 aliphatic rings. The lowest BCUT2D eigenvalue weighted by molar-refractivity contribution is -0.139.